The van der Waals surface area contributed by atoms with Crippen LogP contribution < -0.4 is 5.32 Å². The molecule has 9 heteroatoms. The fourth-order valence-electron chi connectivity index (χ4n) is 1.92. The van der Waals surface area contributed by atoms with Gasteiger partial charge in [0, 0.05) is 6.04 Å². The van der Waals surface area contributed by atoms with Crippen molar-refractivity contribution in [3.8, 4) is 6.07 Å². The third-order valence-electron chi connectivity index (χ3n) is 3.50. The lowest BCUT2D eigenvalue weighted by Crippen LogP contribution is -2.39. The van der Waals surface area contributed by atoms with E-state index in [0.717, 1.165) is 31.9 Å². The first kappa shape index (κ1) is 17.3. The second kappa shape index (κ2) is 5.85. The van der Waals surface area contributed by atoms with Crippen LogP contribution in [0.3, 0.4) is 0 Å². The van der Waals surface area contributed by atoms with Crippen LogP contribution in [-0.4, -0.2) is 25.6 Å². The van der Waals surface area contributed by atoms with Gasteiger partial charge in [0.2, 0.25) is 5.91 Å². The minimum Gasteiger partial charge on any atom is -0.352 e. The highest BCUT2D eigenvalue weighted by Gasteiger charge is 2.37. The fourth-order valence-corrected chi connectivity index (χ4v) is 3.22. The van der Waals surface area contributed by atoms with E-state index in [0.29, 0.717) is 6.07 Å². The molecule has 124 valence electrons. The number of hydrogen-bond donors (Lipinski definition) is 1. The van der Waals surface area contributed by atoms with Crippen molar-refractivity contribution in [2.75, 3.05) is 0 Å². The zero-order valence-corrected chi connectivity index (χ0v) is 12.8. The standard InChI is InChI=1S/C14H13F3N2O3S/c1-8(13(20)19-10-3-4-10)23(21,22)11-5-2-9(7-18)12(6-11)14(15,16)17/h2,5-6,8,10H,3-4H2,1H3,(H,19,20). The lowest BCUT2D eigenvalue weighted by Gasteiger charge is -2.15. The maximum atomic E-state index is 12.9. The maximum absolute atomic E-state index is 12.9. The molecule has 23 heavy (non-hydrogen) atoms. The normalized spacial score (nSPS) is 16.5. The topological polar surface area (TPSA) is 87.0 Å². The molecule has 0 bridgehead atoms. The van der Waals surface area contributed by atoms with Gasteiger partial charge in [0.15, 0.2) is 9.84 Å². The van der Waals surface area contributed by atoms with Crippen LogP contribution in [0.5, 0.6) is 0 Å². The van der Waals surface area contributed by atoms with Gasteiger partial charge in [-0.25, -0.2) is 8.42 Å². The molecule has 1 atom stereocenters. The first-order valence-electron chi connectivity index (χ1n) is 6.73. The number of hydrogen-bond acceptors (Lipinski definition) is 4. The number of alkyl halides is 3. The number of carbonyl (C=O) groups is 1. The lowest BCUT2D eigenvalue weighted by atomic mass is 10.1. The molecule has 0 radical (unpaired) electrons. The minimum atomic E-state index is -4.86. The predicted molar refractivity (Wildman–Crippen MR) is 74.0 cm³/mol. The molecule has 0 spiro atoms. The fraction of sp³-hybridized carbons (Fsp3) is 0.429. The van der Waals surface area contributed by atoms with Crippen molar-refractivity contribution in [2.45, 2.75) is 42.1 Å². The number of sulfone groups is 1. The van der Waals surface area contributed by atoms with Crippen LogP contribution in [0, 0.1) is 11.3 Å². The van der Waals surface area contributed by atoms with Crippen molar-refractivity contribution >= 4 is 15.7 Å². The largest absolute Gasteiger partial charge is 0.417 e. The van der Waals surface area contributed by atoms with E-state index in [2.05, 4.69) is 5.32 Å². The van der Waals surface area contributed by atoms with Crippen LogP contribution in [0.1, 0.15) is 30.9 Å². The molecule has 1 aliphatic rings. The molecular weight excluding hydrogens is 333 g/mol. The second-order valence-electron chi connectivity index (χ2n) is 5.29. The van der Waals surface area contributed by atoms with Gasteiger partial charge in [0.25, 0.3) is 0 Å². The summed E-state index contributed by atoms with van der Waals surface area (Å²) in [5.74, 6) is -0.745. The van der Waals surface area contributed by atoms with E-state index >= 15 is 0 Å². The molecule has 1 unspecified atom stereocenters. The van der Waals surface area contributed by atoms with Gasteiger partial charge in [-0.05, 0) is 38.0 Å². The van der Waals surface area contributed by atoms with Gasteiger partial charge in [-0.3, -0.25) is 4.79 Å². The van der Waals surface area contributed by atoms with Gasteiger partial charge >= 0.3 is 6.18 Å². The van der Waals surface area contributed by atoms with Gasteiger partial charge < -0.3 is 5.32 Å². The van der Waals surface area contributed by atoms with Crippen molar-refractivity contribution in [3.05, 3.63) is 29.3 Å². The molecule has 0 aromatic heterocycles. The SMILES string of the molecule is CC(C(=O)NC1CC1)S(=O)(=O)c1ccc(C#N)c(C(F)(F)F)c1. The van der Waals surface area contributed by atoms with Gasteiger partial charge in [-0.2, -0.15) is 18.4 Å². The number of carbonyl (C=O) groups excluding carboxylic acids is 1. The molecule has 1 saturated carbocycles. The highest BCUT2D eigenvalue weighted by Crippen LogP contribution is 2.34. The van der Waals surface area contributed by atoms with Crippen molar-refractivity contribution in [3.63, 3.8) is 0 Å². The predicted octanol–water partition coefficient (Wildman–Crippen LogP) is 2.02. The Kier molecular flexibility index (Phi) is 4.39. The first-order chi connectivity index (χ1) is 10.6. The Hall–Kier alpha value is -2.08. The average Bonchev–Trinajstić information content (AvgIpc) is 3.28. The van der Waals surface area contributed by atoms with Gasteiger partial charge in [-0.15, -0.1) is 0 Å². The Morgan fingerprint density at radius 2 is 2.00 bits per heavy atom. The van der Waals surface area contributed by atoms with Crippen molar-refractivity contribution in [2.24, 2.45) is 0 Å². The Balaban J connectivity index is 2.39. The summed E-state index contributed by atoms with van der Waals surface area (Å²) in [7, 11) is -4.29. The van der Waals surface area contributed by atoms with E-state index in [1.165, 1.54) is 6.07 Å². The molecule has 0 aliphatic heterocycles. The molecule has 5 nitrogen and oxygen atoms in total. The van der Waals surface area contributed by atoms with Crippen molar-refractivity contribution in [1.29, 1.82) is 5.26 Å². The summed E-state index contributed by atoms with van der Waals surface area (Å²) in [4.78, 5) is 11.2. The number of halogens is 3. The highest BCUT2D eigenvalue weighted by molar-refractivity contribution is 7.92. The van der Waals surface area contributed by atoms with Crippen LogP contribution in [0.4, 0.5) is 13.2 Å². The molecule has 2 rings (SSSR count). The summed E-state index contributed by atoms with van der Waals surface area (Å²) in [5.41, 5.74) is -2.01. The summed E-state index contributed by atoms with van der Waals surface area (Å²) in [5, 5.41) is 9.70. The van der Waals surface area contributed by atoms with Crippen molar-refractivity contribution in [1.82, 2.24) is 5.32 Å². The Morgan fingerprint density at radius 3 is 2.48 bits per heavy atom. The molecule has 0 heterocycles. The minimum absolute atomic E-state index is 0.0631. The van der Waals surface area contributed by atoms with Crippen LogP contribution in [0.2, 0.25) is 0 Å². The average molecular weight is 346 g/mol. The van der Waals surface area contributed by atoms with Crippen LogP contribution in [-0.2, 0) is 20.8 Å². The third kappa shape index (κ3) is 3.64. The van der Waals surface area contributed by atoms with Crippen LogP contribution >= 0.6 is 0 Å². The molecule has 1 amide bonds. The monoisotopic (exact) mass is 346 g/mol. The summed E-state index contributed by atoms with van der Waals surface area (Å²) in [6.45, 7) is 1.12. The molecule has 1 aromatic rings. The van der Waals surface area contributed by atoms with Gasteiger partial charge in [0.1, 0.15) is 5.25 Å². The molecule has 1 N–H and O–H groups in total. The quantitative estimate of drug-likeness (QED) is 0.903. The smallest absolute Gasteiger partial charge is 0.352 e. The summed E-state index contributed by atoms with van der Waals surface area (Å²) in [6, 6.07) is 3.41. The van der Waals surface area contributed by atoms with Crippen LogP contribution in [0.15, 0.2) is 23.1 Å². The Bertz CT molecular complexity index is 777. The molecule has 1 fully saturated rings. The number of amides is 1. The van der Waals surface area contributed by atoms with E-state index in [-0.39, 0.29) is 6.04 Å². The second-order valence-corrected chi connectivity index (χ2v) is 7.56. The van der Waals surface area contributed by atoms with Crippen LogP contribution in [0.25, 0.3) is 0 Å². The lowest BCUT2D eigenvalue weighted by molar-refractivity contribution is -0.137. The summed E-state index contributed by atoms with van der Waals surface area (Å²) < 4.78 is 63.4. The van der Waals surface area contributed by atoms with E-state index < -0.39 is 43.2 Å². The Labute approximate surface area is 131 Å². The van der Waals surface area contributed by atoms with Crippen molar-refractivity contribution < 1.29 is 26.4 Å². The first-order valence-corrected chi connectivity index (χ1v) is 8.27. The van der Waals surface area contributed by atoms with E-state index in [9.17, 15) is 26.4 Å². The number of nitriles is 1. The zero-order chi connectivity index (χ0) is 17.4. The number of benzene rings is 1. The molecular formula is C14H13F3N2O3S. The maximum Gasteiger partial charge on any atom is 0.417 e. The number of nitrogens with one attached hydrogen (secondary N) is 1. The third-order valence-corrected chi connectivity index (χ3v) is 5.56. The van der Waals surface area contributed by atoms with Gasteiger partial charge in [0.05, 0.1) is 22.1 Å². The van der Waals surface area contributed by atoms with Gasteiger partial charge in [-0.1, -0.05) is 0 Å². The highest BCUT2D eigenvalue weighted by atomic mass is 32.2. The van der Waals surface area contributed by atoms with E-state index in [1.54, 1.807) is 0 Å². The molecule has 1 aromatic carbocycles. The van der Waals surface area contributed by atoms with E-state index in [4.69, 9.17) is 5.26 Å². The number of rotatable bonds is 4. The summed E-state index contributed by atoms with van der Waals surface area (Å²) in [6.07, 6.45) is -3.35. The Morgan fingerprint density at radius 1 is 1.39 bits per heavy atom. The number of nitrogens with zero attached hydrogens (tertiary/aromatic N) is 1. The van der Waals surface area contributed by atoms with E-state index in [1.807, 2.05) is 0 Å². The molecule has 0 saturated heterocycles. The summed E-state index contributed by atoms with van der Waals surface area (Å²) >= 11 is 0. The molecule has 1 aliphatic carbocycles. The zero-order valence-electron chi connectivity index (χ0n) is 12.0.